The van der Waals surface area contributed by atoms with Gasteiger partial charge in [-0.05, 0) is 6.92 Å². The molecule has 4 nitrogen and oxygen atoms in total. The lowest BCUT2D eigenvalue weighted by Gasteiger charge is -1.91. The summed E-state index contributed by atoms with van der Waals surface area (Å²) >= 11 is 0. The number of nitrogens with zero attached hydrogens (tertiary/aromatic N) is 1. The molecule has 2 rings (SSSR count). The molecule has 0 aliphatic rings. The summed E-state index contributed by atoms with van der Waals surface area (Å²) in [7, 11) is 0. The van der Waals surface area contributed by atoms with Gasteiger partial charge in [0.25, 0.3) is 5.82 Å². The van der Waals surface area contributed by atoms with Gasteiger partial charge in [0, 0.05) is 5.56 Å². The monoisotopic (exact) mass is 149 g/mol. The topological polar surface area (TPSA) is 68.8 Å². The van der Waals surface area contributed by atoms with Crippen LogP contribution in [-0.2, 0) is 0 Å². The van der Waals surface area contributed by atoms with E-state index >= 15 is 0 Å². The maximum atomic E-state index is 5.64. The van der Waals surface area contributed by atoms with E-state index in [2.05, 4.69) is 15.0 Å². The van der Waals surface area contributed by atoms with Crippen LogP contribution in [0.5, 0.6) is 0 Å². The SMILES string of the molecule is Cc1c[nH+]c(N)c2[nH]cnc12. The van der Waals surface area contributed by atoms with Crippen molar-refractivity contribution in [3.05, 3.63) is 18.1 Å². The molecule has 2 aromatic rings. The Morgan fingerprint density at radius 3 is 3.18 bits per heavy atom. The number of imidazole rings is 1. The number of fused-ring (bicyclic) bond motifs is 1. The van der Waals surface area contributed by atoms with Crippen molar-refractivity contribution in [3.8, 4) is 0 Å². The number of aryl methyl sites for hydroxylation is 1. The zero-order valence-corrected chi connectivity index (χ0v) is 6.18. The summed E-state index contributed by atoms with van der Waals surface area (Å²) in [4.78, 5) is 10.0. The number of nitrogen functional groups attached to an aromatic ring is 1. The summed E-state index contributed by atoms with van der Waals surface area (Å²) in [6.45, 7) is 1.99. The summed E-state index contributed by atoms with van der Waals surface area (Å²) in [6.07, 6.45) is 3.49. The first kappa shape index (κ1) is 6.15. The van der Waals surface area contributed by atoms with Gasteiger partial charge in [0.15, 0.2) is 5.52 Å². The van der Waals surface area contributed by atoms with E-state index in [1.54, 1.807) is 6.33 Å². The Bertz CT molecular complexity index is 354. The van der Waals surface area contributed by atoms with Crippen LogP contribution in [0.4, 0.5) is 5.82 Å². The van der Waals surface area contributed by atoms with Crippen molar-refractivity contribution >= 4 is 16.9 Å². The number of aromatic amines is 2. The molecule has 2 aromatic heterocycles. The van der Waals surface area contributed by atoms with Gasteiger partial charge in [-0.15, -0.1) is 0 Å². The smallest absolute Gasteiger partial charge is 0.296 e. The molecule has 0 fully saturated rings. The average Bonchev–Trinajstić information content (AvgIpc) is 2.45. The molecule has 2 heterocycles. The minimum Gasteiger partial charge on any atom is -0.338 e. The second-order valence-corrected chi connectivity index (χ2v) is 2.51. The number of nitrogens with one attached hydrogen (secondary N) is 2. The number of nitrogens with two attached hydrogens (primary N) is 1. The molecule has 0 amide bonds. The third-order valence-electron chi connectivity index (χ3n) is 1.73. The minimum atomic E-state index is 0.628. The first-order valence-corrected chi connectivity index (χ1v) is 3.39. The number of hydrogen-bond donors (Lipinski definition) is 2. The van der Waals surface area contributed by atoms with E-state index in [0.29, 0.717) is 5.82 Å². The van der Waals surface area contributed by atoms with Crippen molar-refractivity contribution in [3.63, 3.8) is 0 Å². The molecule has 0 atom stereocenters. The van der Waals surface area contributed by atoms with E-state index in [1.165, 1.54) is 0 Å². The Morgan fingerprint density at radius 1 is 1.64 bits per heavy atom. The third kappa shape index (κ3) is 0.756. The van der Waals surface area contributed by atoms with Crippen molar-refractivity contribution in [2.24, 2.45) is 0 Å². The molecule has 4 heteroatoms. The van der Waals surface area contributed by atoms with Gasteiger partial charge < -0.3 is 4.98 Å². The van der Waals surface area contributed by atoms with Crippen molar-refractivity contribution in [2.75, 3.05) is 5.73 Å². The second-order valence-electron chi connectivity index (χ2n) is 2.51. The van der Waals surface area contributed by atoms with Crippen LogP contribution in [0.3, 0.4) is 0 Å². The van der Waals surface area contributed by atoms with E-state index in [9.17, 15) is 0 Å². The van der Waals surface area contributed by atoms with Gasteiger partial charge in [0.1, 0.15) is 5.52 Å². The van der Waals surface area contributed by atoms with E-state index in [-0.39, 0.29) is 0 Å². The molecule has 4 N–H and O–H groups in total. The number of aromatic nitrogens is 3. The standard InChI is InChI=1S/C7H8N4/c1-4-2-9-7(8)6-5(4)10-3-11-6/h2-3H,1H3,(H2,8,9)(H,10,11)/p+1. The molecule has 0 unspecified atom stereocenters. The fourth-order valence-electron chi connectivity index (χ4n) is 1.13. The Morgan fingerprint density at radius 2 is 2.45 bits per heavy atom. The minimum absolute atomic E-state index is 0.628. The van der Waals surface area contributed by atoms with Gasteiger partial charge >= 0.3 is 0 Å². The van der Waals surface area contributed by atoms with Crippen LogP contribution in [0.1, 0.15) is 5.56 Å². The zero-order valence-electron chi connectivity index (χ0n) is 6.18. The lowest BCUT2D eigenvalue weighted by atomic mass is 10.2. The molecular formula is C7H9N4+. The molecule has 0 aliphatic carbocycles. The van der Waals surface area contributed by atoms with Crippen LogP contribution in [0.2, 0.25) is 0 Å². The molecule has 0 aromatic carbocycles. The first-order chi connectivity index (χ1) is 5.29. The van der Waals surface area contributed by atoms with E-state index in [0.717, 1.165) is 16.6 Å². The van der Waals surface area contributed by atoms with E-state index in [1.807, 2.05) is 13.1 Å². The van der Waals surface area contributed by atoms with Crippen LogP contribution in [-0.4, -0.2) is 9.97 Å². The zero-order chi connectivity index (χ0) is 7.84. The third-order valence-corrected chi connectivity index (χ3v) is 1.73. The molecule has 0 radical (unpaired) electrons. The number of H-pyrrole nitrogens is 2. The van der Waals surface area contributed by atoms with Crippen LogP contribution >= 0.6 is 0 Å². The predicted octanol–water partition coefficient (Wildman–Crippen LogP) is 0.268. The van der Waals surface area contributed by atoms with Crippen LogP contribution in [0, 0.1) is 6.92 Å². The molecule has 11 heavy (non-hydrogen) atoms. The highest BCUT2D eigenvalue weighted by atomic mass is 14.9. The Hall–Kier alpha value is -1.58. The number of hydrogen-bond acceptors (Lipinski definition) is 2. The summed E-state index contributed by atoms with van der Waals surface area (Å²) in [5, 5.41) is 0. The largest absolute Gasteiger partial charge is 0.338 e. The van der Waals surface area contributed by atoms with E-state index < -0.39 is 0 Å². The molecule has 0 spiro atoms. The fourth-order valence-corrected chi connectivity index (χ4v) is 1.13. The number of pyridine rings is 1. The molecular weight excluding hydrogens is 140 g/mol. The van der Waals surface area contributed by atoms with Gasteiger partial charge in [0.05, 0.1) is 12.5 Å². The summed E-state index contributed by atoms with van der Waals surface area (Å²) in [6, 6.07) is 0. The first-order valence-electron chi connectivity index (χ1n) is 3.39. The quantitative estimate of drug-likeness (QED) is 0.564. The Kier molecular flexibility index (Phi) is 1.09. The second kappa shape index (κ2) is 1.95. The normalized spacial score (nSPS) is 10.6. The van der Waals surface area contributed by atoms with Crippen molar-refractivity contribution in [1.82, 2.24) is 9.97 Å². The fraction of sp³-hybridized carbons (Fsp3) is 0.143. The molecule has 0 aliphatic heterocycles. The summed E-state index contributed by atoms with van der Waals surface area (Å²) in [5.41, 5.74) is 8.55. The number of rotatable bonds is 0. The lowest BCUT2D eigenvalue weighted by molar-refractivity contribution is -0.359. The summed E-state index contributed by atoms with van der Waals surface area (Å²) < 4.78 is 0. The van der Waals surface area contributed by atoms with Crippen LogP contribution in [0.15, 0.2) is 12.5 Å². The summed E-state index contributed by atoms with van der Waals surface area (Å²) in [5.74, 6) is 0.628. The molecule has 0 saturated heterocycles. The maximum absolute atomic E-state index is 5.64. The van der Waals surface area contributed by atoms with Gasteiger partial charge in [-0.1, -0.05) is 0 Å². The van der Waals surface area contributed by atoms with Gasteiger partial charge in [-0.25, -0.2) is 9.97 Å². The van der Waals surface area contributed by atoms with Crippen molar-refractivity contribution in [1.29, 1.82) is 0 Å². The molecule has 0 saturated carbocycles. The Balaban J connectivity index is 2.96. The van der Waals surface area contributed by atoms with E-state index in [4.69, 9.17) is 5.73 Å². The molecule has 0 bridgehead atoms. The lowest BCUT2D eigenvalue weighted by Crippen LogP contribution is -2.10. The van der Waals surface area contributed by atoms with Gasteiger partial charge in [-0.3, -0.25) is 5.73 Å². The van der Waals surface area contributed by atoms with Crippen LogP contribution < -0.4 is 10.7 Å². The van der Waals surface area contributed by atoms with Crippen molar-refractivity contribution in [2.45, 2.75) is 6.92 Å². The highest BCUT2D eigenvalue weighted by Gasteiger charge is 2.07. The average molecular weight is 149 g/mol. The van der Waals surface area contributed by atoms with Gasteiger partial charge in [0.2, 0.25) is 0 Å². The van der Waals surface area contributed by atoms with Gasteiger partial charge in [-0.2, -0.15) is 0 Å². The predicted molar refractivity (Wildman–Crippen MR) is 41.8 cm³/mol. The highest BCUT2D eigenvalue weighted by molar-refractivity contribution is 5.84. The van der Waals surface area contributed by atoms with Crippen LogP contribution in [0.25, 0.3) is 11.0 Å². The number of anilines is 1. The maximum Gasteiger partial charge on any atom is 0.296 e. The Labute approximate surface area is 63.5 Å². The highest BCUT2D eigenvalue weighted by Crippen LogP contribution is 2.14. The molecule has 56 valence electrons. The van der Waals surface area contributed by atoms with Crippen molar-refractivity contribution < 1.29 is 4.98 Å².